The fourth-order valence-electron chi connectivity index (χ4n) is 5.33. The first-order valence-corrected chi connectivity index (χ1v) is 14.4. The molecule has 0 unspecified atom stereocenters. The molecule has 2 N–H and O–H groups in total. The fraction of sp³-hybridized carbons (Fsp3) is 0.324. The lowest BCUT2D eigenvalue weighted by Crippen LogP contribution is -2.30. The van der Waals surface area contributed by atoms with Gasteiger partial charge in [-0.3, -0.25) is 9.59 Å². The van der Waals surface area contributed by atoms with Crippen molar-refractivity contribution in [2.75, 3.05) is 7.11 Å². The molecule has 5 aromatic rings. The third-order valence-electron chi connectivity index (χ3n) is 7.71. The molecule has 0 radical (unpaired) electrons. The minimum atomic E-state index is -0.376. The number of ether oxygens (including phenoxy) is 1. The number of aromatic nitrogens is 2. The summed E-state index contributed by atoms with van der Waals surface area (Å²) in [5.41, 5.74) is 4.56. The average Bonchev–Trinajstić information content (AvgIpc) is 3.60. The highest BCUT2D eigenvalue weighted by atomic mass is 16.5. The molecule has 1 atom stereocenters. The highest BCUT2D eigenvalue weighted by molar-refractivity contribution is 5.91. The normalized spacial score (nSPS) is 12.1. The van der Waals surface area contributed by atoms with Gasteiger partial charge in [-0.05, 0) is 60.4 Å². The van der Waals surface area contributed by atoms with Gasteiger partial charge >= 0.3 is 0 Å². The number of carbonyl (C=O) groups is 2. The SMILES string of the molecule is CCC(=O)CCCCC[C@H](NC(=O)Cc1c(C)[nH]c2ccc(OC)cc12)c1nc(-c2ccc3ccccc3c2)co1. The Bertz CT molecular complexity index is 1670. The summed E-state index contributed by atoms with van der Waals surface area (Å²) in [5, 5.41) is 6.46. The number of unbranched alkanes of at least 4 members (excludes halogenated alkanes) is 2. The molecule has 212 valence electrons. The first kappa shape index (κ1) is 28.1. The van der Waals surface area contributed by atoms with Crippen molar-refractivity contribution < 1.29 is 18.7 Å². The van der Waals surface area contributed by atoms with Crippen molar-refractivity contribution >= 4 is 33.4 Å². The molecule has 0 aliphatic rings. The van der Waals surface area contributed by atoms with Gasteiger partial charge in [-0.25, -0.2) is 4.98 Å². The maximum Gasteiger partial charge on any atom is 0.225 e. The molecule has 0 bridgehead atoms. The number of Topliss-reactive ketones (excluding diaryl/α,β-unsaturated/α-hetero) is 1. The van der Waals surface area contributed by atoms with Gasteiger partial charge in [0.25, 0.3) is 0 Å². The van der Waals surface area contributed by atoms with E-state index in [9.17, 15) is 9.59 Å². The Labute approximate surface area is 240 Å². The molecule has 7 heteroatoms. The molecule has 41 heavy (non-hydrogen) atoms. The number of hydrogen-bond donors (Lipinski definition) is 2. The Hall–Kier alpha value is -4.39. The quantitative estimate of drug-likeness (QED) is 0.147. The van der Waals surface area contributed by atoms with Gasteiger partial charge in [-0.1, -0.05) is 56.2 Å². The molecule has 0 aliphatic heterocycles. The Morgan fingerprint density at radius 3 is 2.66 bits per heavy atom. The summed E-state index contributed by atoms with van der Waals surface area (Å²) in [6.45, 7) is 3.88. The summed E-state index contributed by atoms with van der Waals surface area (Å²) in [6, 6.07) is 19.9. The van der Waals surface area contributed by atoms with Gasteiger partial charge in [0.05, 0.1) is 13.5 Å². The number of benzene rings is 3. The number of aromatic amines is 1. The van der Waals surface area contributed by atoms with E-state index in [1.165, 1.54) is 0 Å². The third-order valence-corrected chi connectivity index (χ3v) is 7.71. The number of rotatable bonds is 13. The number of nitrogens with one attached hydrogen (secondary N) is 2. The number of ketones is 1. The number of oxazole rings is 1. The molecule has 0 fully saturated rings. The zero-order valence-electron chi connectivity index (χ0n) is 24.0. The highest BCUT2D eigenvalue weighted by Gasteiger charge is 2.22. The standard InChI is InChI=1S/C34H37N3O4/c1-4-26(38)12-6-5-7-13-31(34-37-32(21-41-34)25-15-14-23-10-8-9-11-24(23)18-25)36-33(39)20-28-22(2)35-30-17-16-27(40-3)19-29(28)30/h8-11,14-19,21,31,35H,4-7,12-13,20H2,1-3H3,(H,36,39)/t31-/m0/s1. The Morgan fingerprint density at radius 1 is 1.02 bits per heavy atom. The van der Waals surface area contributed by atoms with Gasteiger partial charge in [0.15, 0.2) is 0 Å². The van der Waals surface area contributed by atoms with Crippen molar-refractivity contribution in [2.45, 2.75) is 64.8 Å². The predicted molar refractivity (Wildman–Crippen MR) is 162 cm³/mol. The van der Waals surface area contributed by atoms with E-state index < -0.39 is 0 Å². The Kier molecular flexibility index (Phi) is 8.82. The second-order valence-electron chi connectivity index (χ2n) is 10.6. The van der Waals surface area contributed by atoms with Crippen LogP contribution in [0.4, 0.5) is 0 Å². The zero-order valence-corrected chi connectivity index (χ0v) is 24.0. The summed E-state index contributed by atoms with van der Waals surface area (Å²) in [6.07, 6.45) is 6.32. The van der Waals surface area contributed by atoms with Gasteiger partial charge in [-0.2, -0.15) is 0 Å². The maximum absolute atomic E-state index is 13.4. The second kappa shape index (κ2) is 12.9. The van der Waals surface area contributed by atoms with Crippen LogP contribution in [0.2, 0.25) is 0 Å². The van der Waals surface area contributed by atoms with E-state index in [-0.39, 0.29) is 24.2 Å². The molecular weight excluding hydrogens is 514 g/mol. The van der Waals surface area contributed by atoms with Crippen molar-refractivity contribution in [3.63, 3.8) is 0 Å². The van der Waals surface area contributed by atoms with E-state index in [0.717, 1.165) is 69.2 Å². The highest BCUT2D eigenvalue weighted by Crippen LogP contribution is 2.29. The van der Waals surface area contributed by atoms with Gasteiger partial charge in [0, 0.05) is 35.0 Å². The maximum atomic E-state index is 13.4. The summed E-state index contributed by atoms with van der Waals surface area (Å²) in [5.74, 6) is 1.42. The van der Waals surface area contributed by atoms with Crippen molar-refractivity contribution in [2.24, 2.45) is 0 Å². The van der Waals surface area contributed by atoms with Crippen LogP contribution in [0, 0.1) is 6.92 Å². The molecule has 5 rings (SSSR count). The summed E-state index contributed by atoms with van der Waals surface area (Å²) in [7, 11) is 1.64. The zero-order chi connectivity index (χ0) is 28.8. The van der Waals surface area contributed by atoms with Crippen LogP contribution in [0.5, 0.6) is 5.75 Å². The van der Waals surface area contributed by atoms with E-state index in [2.05, 4.69) is 34.6 Å². The lowest BCUT2D eigenvalue weighted by molar-refractivity contribution is -0.121. The number of H-pyrrole nitrogens is 1. The van der Waals surface area contributed by atoms with Gasteiger partial charge in [-0.15, -0.1) is 0 Å². The predicted octanol–water partition coefficient (Wildman–Crippen LogP) is 7.62. The molecule has 2 heterocycles. The van der Waals surface area contributed by atoms with E-state index >= 15 is 0 Å². The number of amides is 1. The summed E-state index contributed by atoms with van der Waals surface area (Å²) in [4.78, 5) is 33.3. The number of aryl methyl sites for hydroxylation is 1. The van der Waals surface area contributed by atoms with E-state index in [4.69, 9.17) is 14.1 Å². The molecule has 3 aromatic carbocycles. The van der Waals surface area contributed by atoms with Crippen LogP contribution in [0.3, 0.4) is 0 Å². The van der Waals surface area contributed by atoms with Crippen LogP contribution < -0.4 is 10.1 Å². The van der Waals surface area contributed by atoms with Crippen LogP contribution in [-0.4, -0.2) is 28.8 Å². The molecule has 7 nitrogen and oxygen atoms in total. The minimum absolute atomic E-state index is 0.103. The minimum Gasteiger partial charge on any atom is -0.497 e. The number of methoxy groups -OCH3 is 1. The fourth-order valence-corrected chi connectivity index (χ4v) is 5.33. The van der Waals surface area contributed by atoms with Crippen LogP contribution in [0.25, 0.3) is 32.9 Å². The molecule has 0 saturated heterocycles. The second-order valence-corrected chi connectivity index (χ2v) is 10.6. The van der Waals surface area contributed by atoms with Crippen molar-refractivity contribution in [1.82, 2.24) is 15.3 Å². The first-order valence-electron chi connectivity index (χ1n) is 14.4. The van der Waals surface area contributed by atoms with Gasteiger partial charge in [0.2, 0.25) is 11.8 Å². The number of nitrogens with zero attached hydrogens (tertiary/aromatic N) is 1. The van der Waals surface area contributed by atoms with Crippen molar-refractivity contribution in [3.05, 3.63) is 84.1 Å². The first-order chi connectivity index (χ1) is 19.9. The van der Waals surface area contributed by atoms with Gasteiger partial charge in [0.1, 0.15) is 29.5 Å². The largest absolute Gasteiger partial charge is 0.497 e. The molecule has 0 saturated carbocycles. The van der Waals surface area contributed by atoms with Gasteiger partial charge < -0.3 is 19.5 Å². The van der Waals surface area contributed by atoms with E-state index in [0.29, 0.717) is 25.2 Å². The van der Waals surface area contributed by atoms with Crippen LogP contribution in [0.15, 0.2) is 71.3 Å². The smallest absolute Gasteiger partial charge is 0.225 e. The molecule has 1 amide bonds. The van der Waals surface area contributed by atoms with Crippen molar-refractivity contribution in [1.29, 1.82) is 0 Å². The van der Waals surface area contributed by atoms with E-state index in [1.807, 2.05) is 50.2 Å². The van der Waals surface area contributed by atoms with Crippen molar-refractivity contribution in [3.8, 4) is 17.0 Å². The van der Waals surface area contributed by atoms with Crippen LogP contribution >= 0.6 is 0 Å². The molecular formula is C34H37N3O4. The number of hydrogen-bond acceptors (Lipinski definition) is 5. The lowest BCUT2D eigenvalue weighted by atomic mass is 10.0. The Morgan fingerprint density at radius 2 is 1.85 bits per heavy atom. The third kappa shape index (κ3) is 6.68. The van der Waals surface area contributed by atoms with Crippen LogP contribution in [0.1, 0.15) is 68.6 Å². The topological polar surface area (TPSA) is 97.2 Å². The number of fused-ring (bicyclic) bond motifs is 2. The molecule has 0 spiro atoms. The lowest BCUT2D eigenvalue weighted by Gasteiger charge is -2.16. The molecule has 0 aliphatic carbocycles. The molecule has 2 aromatic heterocycles. The number of carbonyl (C=O) groups excluding carboxylic acids is 2. The Balaban J connectivity index is 1.34. The average molecular weight is 552 g/mol. The summed E-state index contributed by atoms with van der Waals surface area (Å²) >= 11 is 0. The van der Waals surface area contributed by atoms with E-state index in [1.54, 1.807) is 13.4 Å². The van der Waals surface area contributed by atoms with Crippen LogP contribution in [-0.2, 0) is 16.0 Å². The monoisotopic (exact) mass is 551 g/mol. The summed E-state index contributed by atoms with van der Waals surface area (Å²) < 4.78 is 11.4.